The number of piperazine rings is 1. The second-order valence-electron chi connectivity index (χ2n) is 6.67. The number of halogens is 1. The molecule has 3 rings (SSSR count). The van der Waals surface area contributed by atoms with Gasteiger partial charge in [0.1, 0.15) is 11.5 Å². The van der Waals surface area contributed by atoms with E-state index >= 15 is 0 Å². The zero-order valence-electron chi connectivity index (χ0n) is 17.1. The van der Waals surface area contributed by atoms with E-state index in [1.165, 1.54) is 5.69 Å². The molecule has 0 saturated carbocycles. The van der Waals surface area contributed by atoms with Gasteiger partial charge in [0.25, 0.3) is 0 Å². The number of hydrogen-bond donors (Lipinski definition) is 1. The molecule has 1 aliphatic heterocycles. The Labute approximate surface area is 179 Å². The van der Waals surface area contributed by atoms with E-state index in [2.05, 4.69) is 39.4 Å². The monoisotopic (exact) mass is 419 g/mol. The number of anilines is 2. The van der Waals surface area contributed by atoms with Crippen molar-refractivity contribution in [3.05, 3.63) is 48.5 Å². The summed E-state index contributed by atoms with van der Waals surface area (Å²) in [5.41, 5.74) is 1.89. The van der Waals surface area contributed by atoms with Gasteiger partial charge < -0.3 is 19.7 Å². The third kappa shape index (κ3) is 6.54. The van der Waals surface area contributed by atoms with Gasteiger partial charge in [-0.05, 0) is 38.1 Å². The van der Waals surface area contributed by atoms with Crippen LogP contribution in [0.5, 0.6) is 11.5 Å². The van der Waals surface area contributed by atoms with Crippen molar-refractivity contribution in [3.8, 4) is 11.5 Å². The molecule has 158 valence electrons. The second-order valence-corrected chi connectivity index (χ2v) is 6.67. The van der Waals surface area contributed by atoms with Crippen molar-refractivity contribution in [2.45, 2.75) is 13.8 Å². The molecule has 7 heteroatoms. The SMILES string of the molecule is CCOc1ccc(OCC)c(NC(=O)CN2CCN(c3ccccc3)CC2)c1.Cl. The number of carbonyl (C=O) groups is 1. The number of ether oxygens (including phenoxy) is 2. The molecule has 0 bridgehead atoms. The number of nitrogens with one attached hydrogen (secondary N) is 1. The Morgan fingerprint density at radius 2 is 1.66 bits per heavy atom. The van der Waals surface area contributed by atoms with Crippen LogP contribution in [0.2, 0.25) is 0 Å². The van der Waals surface area contributed by atoms with Crippen molar-refractivity contribution < 1.29 is 14.3 Å². The highest BCUT2D eigenvalue weighted by molar-refractivity contribution is 5.94. The highest BCUT2D eigenvalue weighted by Gasteiger charge is 2.20. The normalized spacial score (nSPS) is 14.1. The Balaban J connectivity index is 0.00000300. The minimum Gasteiger partial charge on any atom is -0.494 e. The number of nitrogens with zero attached hydrogens (tertiary/aromatic N) is 2. The van der Waals surface area contributed by atoms with Gasteiger partial charge in [-0.2, -0.15) is 0 Å². The predicted octanol–water partition coefficient (Wildman–Crippen LogP) is 3.67. The summed E-state index contributed by atoms with van der Waals surface area (Å²) in [6.45, 7) is 8.90. The van der Waals surface area contributed by atoms with Gasteiger partial charge >= 0.3 is 0 Å². The first-order valence-corrected chi connectivity index (χ1v) is 9.91. The van der Waals surface area contributed by atoms with Crippen LogP contribution in [-0.4, -0.2) is 56.7 Å². The molecule has 1 amide bonds. The standard InChI is InChI=1S/C22H29N3O3.ClH/c1-3-27-19-10-11-21(28-4-2)20(16-19)23-22(26)17-24-12-14-25(15-13-24)18-8-6-5-7-9-18;/h5-11,16H,3-4,12-15,17H2,1-2H3,(H,23,26);1H. The van der Waals surface area contributed by atoms with Crippen LogP contribution in [0.25, 0.3) is 0 Å². The fourth-order valence-corrected chi connectivity index (χ4v) is 3.34. The minimum atomic E-state index is -0.0391. The maximum atomic E-state index is 12.6. The molecular weight excluding hydrogens is 390 g/mol. The smallest absolute Gasteiger partial charge is 0.238 e. The summed E-state index contributed by atoms with van der Waals surface area (Å²) in [6, 6.07) is 15.9. The number of carbonyl (C=O) groups excluding carboxylic acids is 1. The Kier molecular flexibility index (Phi) is 9.09. The first-order valence-electron chi connectivity index (χ1n) is 9.91. The highest BCUT2D eigenvalue weighted by Crippen LogP contribution is 2.29. The topological polar surface area (TPSA) is 54.0 Å². The summed E-state index contributed by atoms with van der Waals surface area (Å²) in [7, 11) is 0. The summed E-state index contributed by atoms with van der Waals surface area (Å²) >= 11 is 0. The van der Waals surface area contributed by atoms with Crippen LogP contribution >= 0.6 is 12.4 Å². The molecule has 0 aromatic heterocycles. The van der Waals surface area contributed by atoms with Crippen molar-refractivity contribution in [2.75, 3.05) is 56.2 Å². The summed E-state index contributed by atoms with van der Waals surface area (Å²) in [5, 5.41) is 2.99. The third-order valence-corrected chi connectivity index (χ3v) is 4.70. The lowest BCUT2D eigenvalue weighted by molar-refractivity contribution is -0.117. The predicted molar refractivity (Wildman–Crippen MR) is 120 cm³/mol. The average molecular weight is 420 g/mol. The molecule has 2 aromatic carbocycles. The zero-order chi connectivity index (χ0) is 19.8. The number of rotatable bonds is 8. The van der Waals surface area contributed by atoms with E-state index in [1.807, 2.05) is 38.1 Å². The fourth-order valence-electron chi connectivity index (χ4n) is 3.34. The average Bonchev–Trinajstić information content (AvgIpc) is 2.71. The Morgan fingerprint density at radius 3 is 2.31 bits per heavy atom. The van der Waals surface area contributed by atoms with Gasteiger partial charge in [0.15, 0.2) is 0 Å². The van der Waals surface area contributed by atoms with Crippen molar-refractivity contribution in [3.63, 3.8) is 0 Å². The molecule has 1 heterocycles. The van der Waals surface area contributed by atoms with Crippen LogP contribution in [0.4, 0.5) is 11.4 Å². The van der Waals surface area contributed by atoms with E-state index in [1.54, 1.807) is 0 Å². The van der Waals surface area contributed by atoms with Gasteiger partial charge in [0.2, 0.25) is 5.91 Å². The minimum absolute atomic E-state index is 0. The van der Waals surface area contributed by atoms with Gasteiger partial charge in [-0.25, -0.2) is 0 Å². The zero-order valence-corrected chi connectivity index (χ0v) is 17.9. The maximum Gasteiger partial charge on any atom is 0.238 e. The second kappa shape index (κ2) is 11.5. The van der Waals surface area contributed by atoms with Crippen molar-refractivity contribution in [2.24, 2.45) is 0 Å². The third-order valence-electron chi connectivity index (χ3n) is 4.70. The van der Waals surface area contributed by atoms with Crippen LogP contribution in [0, 0.1) is 0 Å². The number of para-hydroxylation sites is 1. The highest BCUT2D eigenvalue weighted by atomic mass is 35.5. The van der Waals surface area contributed by atoms with Gasteiger partial charge in [-0.1, -0.05) is 18.2 Å². The molecule has 1 N–H and O–H groups in total. The van der Waals surface area contributed by atoms with Crippen LogP contribution in [0.15, 0.2) is 48.5 Å². The molecule has 1 saturated heterocycles. The van der Waals surface area contributed by atoms with E-state index < -0.39 is 0 Å². The van der Waals surface area contributed by atoms with Crippen molar-refractivity contribution in [1.82, 2.24) is 4.90 Å². The van der Waals surface area contributed by atoms with Gasteiger partial charge in [-0.15, -0.1) is 12.4 Å². The summed E-state index contributed by atoms with van der Waals surface area (Å²) < 4.78 is 11.2. The molecule has 29 heavy (non-hydrogen) atoms. The maximum absolute atomic E-state index is 12.6. The van der Waals surface area contributed by atoms with Gasteiger partial charge in [-0.3, -0.25) is 9.69 Å². The lowest BCUT2D eigenvalue weighted by Crippen LogP contribution is -2.48. The lowest BCUT2D eigenvalue weighted by atomic mass is 10.2. The number of amides is 1. The molecule has 0 aliphatic carbocycles. The van der Waals surface area contributed by atoms with Crippen LogP contribution in [-0.2, 0) is 4.79 Å². The number of hydrogen-bond acceptors (Lipinski definition) is 5. The molecule has 2 aromatic rings. The molecule has 0 atom stereocenters. The molecule has 0 unspecified atom stereocenters. The van der Waals surface area contributed by atoms with E-state index in [4.69, 9.17) is 9.47 Å². The quantitative estimate of drug-likeness (QED) is 0.707. The fraction of sp³-hybridized carbons (Fsp3) is 0.409. The van der Waals surface area contributed by atoms with Crippen molar-refractivity contribution >= 4 is 29.7 Å². The van der Waals surface area contributed by atoms with E-state index in [-0.39, 0.29) is 18.3 Å². The lowest BCUT2D eigenvalue weighted by Gasteiger charge is -2.35. The van der Waals surface area contributed by atoms with Crippen LogP contribution < -0.4 is 19.7 Å². The van der Waals surface area contributed by atoms with E-state index in [0.29, 0.717) is 31.2 Å². The molecule has 0 radical (unpaired) electrons. The summed E-state index contributed by atoms with van der Waals surface area (Å²) in [5.74, 6) is 1.34. The number of benzene rings is 2. The van der Waals surface area contributed by atoms with Gasteiger partial charge in [0, 0.05) is 37.9 Å². The Morgan fingerprint density at radius 1 is 0.966 bits per heavy atom. The van der Waals surface area contributed by atoms with Crippen molar-refractivity contribution in [1.29, 1.82) is 0 Å². The Bertz CT molecular complexity index is 765. The molecule has 0 spiro atoms. The van der Waals surface area contributed by atoms with Crippen LogP contribution in [0.3, 0.4) is 0 Å². The van der Waals surface area contributed by atoms with E-state index in [9.17, 15) is 4.79 Å². The summed E-state index contributed by atoms with van der Waals surface area (Å²) in [4.78, 5) is 17.1. The first kappa shape index (κ1) is 22.8. The van der Waals surface area contributed by atoms with Crippen LogP contribution in [0.1, 0.15) is 13.8 Å². The van der Waals surface area contributed by atoms with Gasteiger partial charge in [0.05, 0.1) is 25.4 Å². The molecule has 6 nitrogen and oxygen atoms in total. The largest absolute Gasteiger partial charge is 0.494 e. The van der Waals surface area contributed by atoms with E-state index in [0.717, 1.165) is 31.9 Å². The Hall–Kier alpha value is -2.44. The first-order chi connectivity index (χ1) is 13.7. The molecule has 1 fully saturated rings. The molecular formula is C22H30ClN3O3. The molecule has 1 aliphatic rings. The summed E-state index contributed by atoms with van der Waals surface area (Å²) in [6.07, 6.45) is 0.